The topological polar surface area (TPSA) is 97.9 Å². The monoisotopic (exact) mass is 599 g/mol. The molecule has 0 aliphatic carbocycles. The summed E-state index contributed by atoms with van der Waals surface area (Å²) in [5, 5.41) is 17.4. The van der Waals surface area contributed by atoms with E-state index in [2.05, 4.69) is 20.7 Å². The first-order valence-electron chi connectivity index (χ1n) is 12.9. The zero-order chi connectivity index (χ0) is 28.4. The molecule has 1 aliphatic heterocycles. The number of anilines is 1. The lowest BCUT2D eigenvalue weighted by Crippen LogP contribution is -2.40. The van der Waals surface area contributed by atoms with Crippen molar-refractivity contribution >= 4 is 52.3 Å². The predicted molar refractivity (Wildman–Crippen MR) is 155 cm³/mol. The Morgan fingerprint density at radius 3 is 2.48 bits per heavy atom. The highest BCUT2D eigenvalue weighted by atomic mass is 35.5. The second-order valence-corrected chi connectivity index (χ2v) is 11.2. The van der Waals surface area contributed by atoms with E-state index < -0.39 is 0 Å². The lowest BCUT2D eigenvalue weighted by Gasteiger charge is -2.32. The van der Waals surface area contributed by atoms with Crippen LogP contribution >= 0.6 is 34.8 Å². The van der Waals surface area contributed by atoms with Crippen LogP contribution < -0.4 is 5.32 Å². The van der Waals surface area contributed by atoms with E-state index in [0.29, 0.717) is 33.8 Å². The van der Waals surface area contributed by atoms with Crippen LogP contribution in [-0.4, -0.2) is 54.6 Å². The molecule has 12 heteroatoms. The van der Waals surface area contributed by atoms with Crippen molar-refractivity contribution < 1.29 is 9.59 Å². The second kappa shape index (κ2) is 12.0. The summed E-state index contributed by atoms with van der Waals surface area (Å²) in [5.41, 5.74) is 4.86. The van der Waals surface area contributed by atoms with E-state index in [4.69, 9.17) is 34.8 Å². The Hall–Kier alpha value is -3.40. The summed E-state index contributed by atoms with van der Waals surface area (Å²) < 4.78 is 3.35. The summed E-state index contributed by atoms with van der Waals surface area (Å²) in [6.07, 6.45) is 3.80. The number of likely N-dealkylation sites (tertiary alicyclic amines) is 1. The molecule has 1 fully saturated rings. The lowest BCUT2D eigenvalue weighted by atomic mass is 9.94. The number of hydrogen-bond acceptors (Lipinski definition) is 5. The Kier molecular flexibility index (Phi) is 8.44. The van der Waals surface area contributed by atoms with Gasteiger partial charge in [-0.1, -0.05) is 40.0 Å². The lowest BCUT2D eigenvalue weighted by molar-refractivity contribution is -0.131. The van der Waals surface area contributed by atoms with Gasteiger partial charge in [-0.2, -0.15) is 5.10 Å². The number of piperidine rings is 1. The van der Waals surface area contributed by atoms with Crippen LogP contribution in [0.5, 0.6) is 0 Å². The molecule has 4 aromatic rings. The van der Waals surface area contributed by atoms with E-state index in [-0.39, 0.29) is 30.7 Å². The zero-order valence-corrected chi connectivity index (χ0v) is 24.3. The molecule has 1 saturated heterocycles. The maximum atomic E-state index is 13.4. The van der Waals surface area contributed by atoms with Gasteiger partial charge in [0.1, 0.15) is 6.54 Å². The number of carbonyl (C=O) groups excluding carboxylic acids is 2. The van der Waals surface area contributed by atoms with Gasteiger partial charge in [0.05, 0.1) is 23.5 Å². The molecule has 0 radical (unpaired) electrons. The second-order valence-electron chi connectivity index (χ2n) is 9.94. The van der Waals surface area contributed by atoms with E-state index in [0.717, 1.165) is 41.2 Å². The maximum Gasteiger partial charge on any atom is 0.246 e. The minimum absolute atomic E-state index is 0.0113. The van der Waals surface area contributed by atoms with Crippen LogP contribution in [0.1, 0.15) is 41.4 Å². The fourth-order valence-corrected chi connectivity index (χ4v) is 5.68. The molecule has 0 saturated carbocycles. The summed E-state index contributed by atoms with van der Waals surface area (Å²) >= 11 is 18.1. The molecule has 0 bridgehead atoms. The summed E-state index contributed by atoms with van der Waals surface area (Å²) in [6.45, 7) is 5.14. The number of nitrogens with zero attached hydrogens (tertiary/aromatic N) is 6. The number of aromatic nitrogens is 5. The first-order valence-corrected chi connectivity index (χ1v) is 14.0. The minimum Gasteiger partial charge on any atom is -0.342 e. The SMILES string of the molecule is Cc1nn(-c2ccc(Cl)cc2)c(C)c1CC(=O)N1CCCC(c2cn(CC(=O)Nc3cc(Cl)cc(Cl)c3)nn2)C1. The normalized spacial score (nSPS) is 15.3. The van der Waals surface area contributed by atoms with Crippen LogP contribution in [0.2, 0.25) is 15.1 Å². The summed E-state index contributed by atoms with van der Waals surface area (Å²) in [7, 11) is 0. The molecule has 5 rings (SSSR count). The van der Waals surface area contributed by atoms with Gasteiger partial charge in [0, 0.05) is 57.2 Å². The number of hydrogen-bond donors (Lipinski definition) is 1. The highest BCUT2D eigenvalue weighted by Crippen LogP contribution is 2.27. The third-order valence-electron chi connectivity index (χ3n) is 7.04. The van der Waals surface area contributed by atoms with Crippen molar-refractivity contribution in [3.63, 3.8) is 0 Å². The molecule has 208 valence electrons. The van der Waals surface area contributed by atoms with Gasteiger partial charge in [0.15, 0.2) is 0 Å². The van der Waals surface area contributed by atoms with Crippen molar-refractivity contribution in [2.24, 2.45) is 0 Å². The van der Waals surface area contributed by atoms with Gasteiger partial charge in [0.2, 0.25) is 11.8 Å². The third-order valence-corrected chi connectivity index (χ3v) is 7.73. The number of halogens is 3. The third kappa shape index (κ3) is 6.49. The zero-order valence-electron chi connectivity index (χ0n) is 22.1. The van der Waals surface area contributed by atoms with Gasteiger partial charge in [-0.05, 0) is 69.2 Å². The van der Waals surface area contributed by atoms with E-state index in [1.165, 1.54) is 4.68 Å². The molecule has 9 nitrogen and oxygen atoms in total. The first kappa shape index (κ1) is 28.1. The van der Waals surface area contributed by atoms with Crippen molar-refractivity contribution in [3.8, 4) is 5.69 Å². The first-order chi connectivity index (χ1) is 19.2. The van der Waals surface area contributed by atoms with Gasteiger partial charge >= 0.3 is 0 Å². The Balaban J connectivity index is 1.21. The number of aryl methyl sites for hydroxylation is 1. The molecule has 2 aromatic heterocycles. The number of carbonyl (C=O) groups is 2. The van der Waals surface area contributed by atoms with Gasteiger partial charge in [-0.15, -0.1) is 5.10 Å². The van der Waals surface area contributed by atoms with Crippen LogP contribution in [0.25, 0.3) is 5.69 Å². The predicted octanol–water partition coefficient (Wildman–Crippen LogP) is 5.63. The average Bonchev–Trinajstić information content (AvgIpc) is 3.48. The van der Waals surface area contributed by atoms with E-state index >= 15 is 0 Å². The fraction of sp³-hybridized carbons (Fsp3) is 0.321. The summed E-state index contributed by atoms with van der Waals surface area (Å²) in [4.78, 5) is 27.8. The highest BCUT2D eigenvalue weighted by molar-refractivity contribution is 6.35. The number of nitrogens with one attached hydrogen (secondary N) is 1. The molecule has 2 aromatic carbocycles. The van der Waals surface area contributed by atoms with Crippen LogP contribution in [0, 0.1) is 13.8 Å². The molecule has 1 atom stereocenters. The quantitative estimate of drug-likeness (QED) is 0.297. The maximum absolute atomic E-state index is 13.4. The molecule has 1 aliphatic rings. The Labute approximate surface area is 247 Å². The van der Waals surface area contributed by atoms with Crippen LogP contribution in [0.4, 0.5) is 5.69 Å². The molecule has 2 amide bonds. The fourth-order valence-electron chi connectivity index (χ4n) is 5.02. The molecule has 0 spiro atoms. The van der Waals surface area contributed by atoms with Crippen LogP contribution in [-0.2, 0) is 22.6 Å². The number of benzene rings is 2. The van der Waals surface area contributed by atoms with Crippen LogP contribution in [0.15, 0.2) is 48.7 Å². The average molecular weight is 601 g/mol. The number of amides is 2. The van der Waals surface area contributed by atoms with Gasteiger partial charge in [-0.3, -0.25) is 9.59 Å². The summed E-state index contributed by atoms with van der Waals surface area (Å²) in [6, 6.07) is 12.3. The molecule has 3 heterocycles. The molecular weight excluding hydrogens is 573 g/mol. The Morgan fingerprint density at radius 2 is 1.75 bits per heavy atom. The van der Waals surface area contributed by atoms with Crippen molar-refractivity contribution in [3.05, 3.63) is 86.4 Å². The van der Waals surface area contributed by atoms with Crippen molar-refractivity contribution in [2.45, 2.75) is 45.6 Å². The standard InChI is InChI=1S/C28H28Cl3N7O2/c1-17-25(18(2)38(34-17)24-7-5-20(29)6-8-24)13-28(40)36-9-3-4-19(14-36)26-15-37(35-33-26)16-27(39)32-23-11-21(30)10-22(31)12-23/h5-8,10-12,15,19H,3-4,9,13-14,16H2,1-2H3,(H,32,39). The Bertz CT molecular complexity index is 1530. The minimum atomic E-state index is -0.278. The van der Waals surface area contributed by atoms with E-state index in [1.54, 1.807) is 24.4 Å². The van der Waals surface area contributed by atoms with Crippen molar-refractivity contribution in [1.82, 2.24) is 29.7 Å². The number of rotatable bonds is 7. The van der Waals surface area contributed by atoms with Gasteiger partial charge in [0.25, 0.3) is 0 Å². The molecule has 1 N–H and O–H groups in total. The molecular formula is C28H28Cl3N7O2. The Morgan fingerprint density at radius 1 is 1.02 bits per heavy atom. The summed E-state index contributed by atoms with van der Waals surface area (Å²) in [5.74, 6) is -0.182. The largest absolute Gasteiger partial charge is 0.342 e. The van der Waals surface area contributed by atoms with E-state index in [9.17, 15) is 9.59 Å². The van der Waals surface area contributed by atoms with Gasteiger partial charge < -0.3 is 10.2 Å². The van der Waals surface area contributed by atoms with Gasteiger partial charge in [-0.25, -0.2) is 9.36 Å². The molecule has 1 unspecified atom stereocenters. The smallest absolute Gasteiger partial charge is 0.246 e. The van der Waals surface area contributed by atoms with Crippen molar-refractivity contribution in [2.75, 3.05) is 18.4 Å². The highest BCUT2D eigenvalue weighted by Gasteiger charge is 2.28. The molecule has 40 heavy (non-hydrogen) atoms. The van der Waals surface area contributed by atoms with Crippen molar-refractivity contribution in [1.29, 1.82) is 0 Å². The van der Waals surface area contributed by atoms with Crippen LogP contribution in [0.3, 0.4) is 0 Å². The van der Waals surface area contributed by atoms with E-state index in [1.807, 2.05) is 47.7 Å².